The van der Waals surface area contributed by atoms with Gasteiger partial charge in [-0.25, -0.2) is 4.79 Å². The molecule has 2 rings (SSSR count). The van der Waals surface area contributed by atoms with E-state index in [2.05, 4.69) is 5.32 Å². The van der Waals surface area contributed by atoms with Gasteiger partial charge < -0.3 is 21.3 Å². The molecule has 0 amide bonds. The average Bonchev–Trinajstić information content (AvgIpc) is 2.37. The Labute approximate surface area is 112 Å². The second-order valence-corrected chi connectivity index (χ2v) is 5.12. The number of nitrogens with two attached hydrogens (primary N) is 1. The predicted molar refractivity (Wildman–Crippen MR) is 72.9 cm³/mol. The summed E-state index contributed by atoms with van der Waals surface area (Å²) in [7, 11) is 0. The molecule has 0 radical (unpaired) electrons. The summed E-state index contributed by atoms with van der Waals surface area (Å²) in [4.78, 5) is 10.9. The highest BCUT2D eigenvalue weighted by Gasteiger charge is 2.19. The molecule has 0 saturated heterocycles. The van der Waals surface area contributed by atoms with E-state index in [-0.39, 0.29) is 17.7 Å². The van der Waals surface area contributed by atoms with Crippen molar-refractivity contribution in [1.29, 1.82) is 0 Å². The van der Waals surface area contributed by atoms with Gasteiger partial charge in [0.2, 0.25) is 0 Å². The van der Waals surface area contributed by atoms with Crippen LogP contribution in [0.5, 0.6) is 0 Å². The van der Waals surface area contributed by atoms with E-state index in [9.17, 15) is 9.90 Å². The first-order chi connectivity index (χ1) is 9.06. The summed E-state index contributed by atoms with van der Waals surface area (Å²) in [6, 6.07) is 5.00. The molecular weight excluding hydrogens is 244 g/mol. The lowest BCUT2D eigenvalue weighted by Gasteiger charge is -2.27. The Morgan fingerprint density at radius 1 is 1.42 bits per heavy atom. The van der Waals surface area contributed by atoms with Gasteiger partial charge in [-0.1, -0.05) is 0 Å². The monoisotopic (exact) mass is 264 g/mol. The van der Waals surface area contributed by atoms with Gasteiger partial charge in [-0.3, -0.25) is 0 Å². The molecule has 1 aliphatic rings. The molecule has 104 valence electrons. The molecule has 5 nitrogen and oxygen atoms in total. The standard InChI is InChI=1S/C14H20N2O3/c15-13-5-4-9(14(18)19)6-10(13)8-16-11-2-1-3-12(17)7-11/h4-6,11-12,16-17H,1-3,7-8,15H2,(H,18,19)/t11-,12+/m1/s1. The van der Waals surface area contributed by atoms with Crippen LogP contribution in [0.4, 0.5) is 5.69 Å². The summed E-state index contributed by atoms with van der Waals surface area (Å²) in [5.74, 6) is -0.950. The Bertz CT molecular complexity index is 462. The molecular formula is C14H20N2O3. The van der Waals surface area contributed by atoms with Crippen LogP contribution < -0.4 is 11.1 Å². The molecule has 0 aromatic heterocycles. The molecule has 0 bridgehead atoms. The Balaban J connectivity index is 1.98. The van der Waals surface area contributed by atoms with Crippen LogP contribution in [0.1, 0.15) is 41.6 Å². The molecule has 0 aliphatic heterocycles. The van der Waals surface area contributed by atoms with E-state index in [1.807, 2.05) is 0 Å². The molecule has 0 unspecified atom stereocenters. The first kappa shape index (κ1) is 13.8. The fourth-order valence-corrected chi connectivity index (χ4v) is 2.50. The lowest BCUT2D eigenvalue weighted by Crippen LogP contribution is -2.35. The number of hydrogen-bond acceptors (Lipinski definition) is 4. The number of benzene rings is 1. The molecule has 1 aromatic rings. The first-order valence-corrected chi connectivity index (χ1v) is 6.59. The first-order valence-electron chi connectivity index (χ1n) is 6.59. The zero-order chi connectivity index (χ0) is 13.8. The van der Waals surface area contributed by atoms with Crippen molar-refractivity contribution >= 4 is 11.7 Å². The van der Waals surface area contributed by atoms with Crippen LogP contribution in [0, 0.1) is 0 Å². The highest BCUT2D eigenvalue weighted by molar-refractivity contribution is 5.88. The van der Waals surface area contributed by atoms with Gasteiger partial charge in [0.15, 0.2) is 0 Å². The van der Waals surface area contributed by atoms with Gasteiger partial charge in [-0.15, -0.1) is 0 Å². The van der Waals surface area contributed by atoms with E-state index >= 15 is 0 Å². The normalized spacial score (nSPS) is 23.2. The summed E-state index contributed by atoms with van der Waals surface area (Å²) in [5.41, 5.74) is 7.48. The number of carbonyl (C=O) groups is 1. The molecule has 1 aliphatic carbocycles. The number of nitrogens with one attached hydrogen (secondary N) is 1. The van der Waals surface area contributed by atoms with Gasteiger partial charge in [0.05, 0.1) is 11.7 Å². The van der Waals surface area contributed by atoms with E-state index in [1.165, 1.54) is 6.07 Å². The number of aliphatic hydroxyl groups is 1. The zero-order valence-electron chi connectivity index (χ0n) is 10.8. The molecule has 2 atom stereocenters. The SMILES string of the molecule is Nc1ccc(C(=O)O)cc1CN[C@@H]1CCC[C@H](O)C1. The van der Waals surface area contributed by atoms with Crippen molar-refractivity contribution in [3.05, 3.63) is 29.3 Å². The average molecular weight is 264 g/mol. The van der Waals surface area contributed by atoms with Gasteiger partial charge in [-0.2, -0.15) is 0 Å². The number of nitrogen functional groups attached to an aromatic ring is 1. The Morgan fingerprint density at radius 2 is 2.21 bits per heavy atom. The van der Waals surface area contributed by atoms with Crippen LogP contribution in [0.2, 0.25) is 0 Å². The number of anilines is 1. The number of hydrogen-bond donors (Lipinski definition) is 4. The highest BCUT2D eigenvalue weighted by Crippen LogP contribution is 2.20. The van der Waals surface area contributed by atoms with Crippen LogP contribution >= 0.6 is 0 Å². The maximum atomic E-state index is 10.9. The Kier molecular flexibility index (Phi) is 4.39. The fraction of sp³-hybridized carbons (Fsp3) is 0.500. The third kappa shape index (κ3) is 3.68. The van der Waals surface area contributed by atoms with Crippen molar-refractivity contribution in [1.82, 2.24) is 5.32 Å². The zero-order valence-corrected chi connectivity index (χ0v) is 10.8. The topological polar surface area (TPSA) is 95.6 Å². The maximum Gasteiger partial charge on any atom is 0.335 e. The van der Waals surface area contributed by atoms with Gasteiger partial charge in [-0.05, 0) is 49.4 Å². The van der Waals surface area contributed by atoms with Crippen LogP contribution in [0.25, 0.3) is 0 Å². The number of carboxylic acids is 1. The molecule has 1 saturated carbocycles. The van der Waals surface area contributed by atoms with E-state index < -0.39 is 5.97 Å². The van der Waals surface area contributed by atoms with Crippen molar-refractivity contribution in [2.75, 3.05) is 5.73 Å². The van der Waals surface area contributed by atoms with Gasteiger partial charge >= 0.3 is 5.97 Å². The van der Waals surface area contributed by atoms with Gasteiger partial charge in [0.25, 0.3) is 0 Å². The highest BCUT2D eigenvalue weighted by atomic mass is 16.4. The van der Waals surface area contributed by atoms with Crippen molar-refractivity contribution in [2.24, 2.45) is 0 Å². The van der Waals surface area contributed by atoms with Gasteiger partial charge in [0, 0.05) is 18.3 Å². The predicted octanol–water partition coefficient (Wildman–Crippen LogP) is 1.36. The minimum atomic E-state index is -0.950. The third-order valence-electron chi connectivity index (χ3n) is 3.62. The molecule has 0 heterocycles. The smallest absolute Gasteiger partial charge is 0.335 e. The molecule has 1 aromatic carbocycles. The fourth-order valence-electron chi connectivity index (χ4n) is 2.50. The third-order valence-corrected chi connectivity index (χ3v) is 3.62. The van der Waals surface area contributed by atoms with Crippen molar-refractivity contribution in [2.45, 2.75) is 44.4 Å². The second kappa shape index (κ2) is 6.04. The molecule has 1 fully saturated rings. The van der Waals surface area contributed by atoms with Crippen molar-refractivity contribution in [3.63, 3.8) is 0 Å². The summed E-state index contributed by atoms with van der Waals surface area (Å²) < 4.78 is 0. The van der Waals surface area contributed by atoms with E-state index in [4.69, 9.17) is 10.8 Å². The Morgan fingerprint density at radius 3 is 2.89 bits per heavy atom. The quantitative estimate of drug-likeness (QED) is 0.616. The maximum absolute atomic E-state index is 10.9. The van der Waals surface area contributed by atoms with Crippen molar-refractivity contribution < 1.29 is 15.0 Å². The Hall–Kier alpha value is -1.59. The summed E-state index contributed by atoms with van der Waals surface area (Å²) in [6.45, 7) is 0.532. The second-order valence-electron chi connectivity index (χ2n) is 5.12. The molecule has 19 heavy (non-hydrogen) atoms. The number of carboxylic acid groups (broad SMARTS) is 1. The summed E-state index contributed by atoms with van der Waals surface area (Å²) in [5, 5.41) is 21.9. The summed E-state index contributed by atoms with van der Waals surface area (Å²) in [6.07, 6.45) is 3.45. The lowest BCUT2D eigenvalue weighted by atomic mass is 9.93. The van der Waals surface area contributed by atoms with Crippen molar-refractivity contribution in [3.8, 4) is 0 Å². The molecule has 5 N–H and O–H groups in total. The minimum Gasteiger partial charge on any atom is -0.478 e. The molecule has 5 heteroatoms. The minimum absolute atomic E-state index is 0.228. The molecule has 0 spiro atoms. The summed E-state index contributed by atoms with van der Waals surface area (Å²) >= 11 is 0. The van der Waals surface area contributed by atoms with E-state index in [1.54, 1.807) is 12.1 Å². The van der Waals surface area contributed by atoms with Crippen LogP contribution in [0.15, 0.2) is 18.2 Å². The lowest BCUT2D eigenvalue weighted by molar-refractivity contribution is 0.0697. The van der Waals surface area contributed by atoms with E-state index in [0.29, 0.717) is 12.2 Å². The largest absolute Gasteiger partial charge is 0.478 e. The van der Waals surface area contributed by atoms with Gasteiger partial charge in [0.1, 0.15) is 0 Å². The van der Waals surface area contributed by atoms with Crippen LogP contribution in [-0.4, -0.2) is 28.3 Å². The van der Waals surface area contributed by atoms with Crippen LogP contribution in [0.3, 0.4) is 0 Å². The van der Waals surface area contributed by atoms with E-state index in [0.717, 1.165) is 31.2 Å². The number of aromatic carboxylic acids is 1. The van der Waals surface area contributed by atoms with Crippen LogP contribution in [-0.2, 0) is 6.54 Å². The number of aliphatic hydroxyl groups excluding tert-OH is 1. The number of rotatable bonds is 4.